The van der Waals surface area contributed by atoms with E-state index in [1.165, 1.54) is 6.07 Å². The fourth-order valence-electron chi connectivity index (χ4n) is 1.62. The fraction of sp³-hybridized carbons (Fsp3) is 0.143. The van der Waals surface area contributed by atoms with Crippen LogP contribution in [0.15, 0.2) is 42.5 Å². The number of anilines is 1. The number of alkyl halides is 3. The van der Waals surface area contributed by atoms with Crippen LogP contribution in [-0.2, 0) is 12.8 Å². The molecule has 0 aliphatic carbocycles. The maximum atomic E-state index is 12.5. The molecule has 0 fully saturated rings. The Kier molecular flexibility index (Phi) is 4.09. The van der Waals surface area contributed by atoms with Gasteiger partial charge in [0, 0.05) is 16.3 Å². The van der Waals surface area contributed by atoms with E-state index in [-0.39, 0.29) is 12.3 Å². The third-order valence-corrected chi connectivity index (χ3v) is 2.90. The largest absolute Gasteiger partial charge is 0.489 e. The Morgan fingerprint density at radius 1 is 1.10 bits per heavy atom. The molecule has 0 radical (unpaired) electrons. The Balaban J connectivity index is 2.11. The molecule has 0 atom stereocenters. The van der Waals surface area contributed by atoms with Crippen LogP contribution in [0.4, 0.5) is 18.9 Å². The molecule has 0 heterocycles. The number of hydrogen-bond acceptors (Lipinski definition) is 2. The van der Waals surface area contributed by atoms with E-state index < -0.39 is 11.7 Å². The van der Waals surface area contributed by atoms with E-state index in [1.807, 2.05) is 0 Å². The van der Waals surface area contributed by atoms with Crippen molar-refractivity contribution < 1.29 is 17.9 Å². The number of nitrogens with two attached hydrogens (primary N) is 1. The molecule has 0 bridgehead atoms. The van der Waals surface area contributed by atoms with E-state index in [0.717, 1.165) is 12.1 Å². The topological polar surface area (TPSA) is 35.2 Å². The second kappa shape index (κ2) is 5.63. The maximum absolute atomic E-state index is 12.5. The summed E-state index contributed by atoms with van der Waals surface area (Å²) in [5.41, 5.74) is 5.36. The van der Waals surface area contributed by atoms with Crippen molar-refractivity contribution in [2.45, 2.75) is 12.8 Å². The predicted octanol–water partition coefficient (Wildman–Crippen LogP) is 4.52. The predicted molar refractivity (Wildman–Crippen MR) is 71.6 cm³/mol. The van der Waals surface area contributed by atoms with Crippen LogP contribution in [-0.4, -0.2) is 0 Å². The fourth-order valence-corrected chi connectivity index (χ4v) is 1.80. The first-order valence-corrected chi connectivity index (χ1v) is 6.08. The van der Waals surface area contributed by atoms with Gasteiger partial charge in [0.15, 0.2) is 0 Å². The molecule has 2 N–H and O–H groups in total. The molecule has 2 aromatic rings. The van der Waals surface area contributed by atoms with Gasteiger partial charge in [-0.2, -0.15) is 13.2 Å². The number of nitrogen functional groups attached to an aromatic ring is 1. The minimum atomic E-state index is -4.40. The summed E-state index contributed by atoms with van der Waals surface area (Å²) in [5, 5.41) is 0.517. The Hall–Kier alpha value is -1.88. The van der Waals surface area contributed by atoms with E-state index in [0.29, 0.717) is 16.3 Å². The highest BCUT2D eigenvalue weighted by Gasteiger charge is 2.30. The van der Waals surface area contributed by atoms with Crippen molar-refractivity contribution in [2.75, 3.05) is 5.73 Å². The molecule has 0 aliphatic rings. The lowest BCUT2D eigenvalue weighted by Crippen LogP contribution is -2.07. The number of hydrogen-bond donors (Lipinski definition) is 1. The molecule has 2 nitrogen and oxygen atoms in total. The van der Waals surface area contributed by atoms with Crippen LogP contribution < -0.4 is 10.5 Å². The zero-order chi connectivity index (χ0) is 14.8. The summed E-state index contributed by atoms with van der Waals surface area (Å²) in [6.07, 6.45) is -4.40. The van der Waals surface area contributed by atoms with Crippen molar-refractivity contribution in [3.05, 3.63) is 58.6 Å². The van der Waals surface area contributed by atoms with Crippen molar-refractivity contribution in [2.24, 2.45) is 0 Å². The first-order chi connectivity index (χ1) is 9.36. The molecule has 0 spiro atoms. The summed E-state index contributed by atoms with van der Waals surface area (Å²) in [6.45, 7) is 0.0737. The molecule has 0 amide bonds. The molecular weight excluding hydrogens is 291 g/mol. The van der Waals surface area contributed by atoms with Gasteiger partial charge in [-0.15, -0.1) is 0 Å². The monoisotopic (exact) mass is 301 g/mol. The highest BCUT2D eigenvalue weighted by atomic mass is 35.5. The van der Waals surface area contributed by atoms with Gasteiger partial charge in [0.2, 0.25) is 0 Å². The average molecular weight is 302 g/mol. The molecule has 6 heteroatoms. The second-order valence-corrected chi connectivity index (χ2v) is 4.59. The zero-order valence-electron chi connectivity index (χ0n) is 10.2. The van der Waals surface area contributed by atoms with Crippen molar-refractivity contribution in [1.29, 1.82) is 0 Å². The lowest BCUT2D eigenvalue weighted by Gasteiger charge is -2.12. The molecule has 2 aromatic carbocycles. The van der Waals surface area contributed by atoms with E-state index in [9.17, 15) is 13.2 Å². The normalized spacial score (nSPS) is 11.4. The molecule has 0 aliphatic heterocycles. The van der Waals surface area contributed by atoms with E-state index >= 15 is 0 Å². The van der Waals surface area contributed by atoms with Gasteiger partial charge >= 0.3 is 6.18 Å². The summed E-state index contributed by atoms with van der Waals surface area (Å²) in [4.78, 5) is 0. The third-order valence-electron chi connectivity index (χ3n) is 2.66. The Labute approximate surface area is 118 Å². The van der Waals surface area contributed by atoms with Gasteiger partial charge < -0.3 is 10.5 Å². The number of benzene rings is 2. The quantitative estimate of drug-likeness (QED) is 0.846. The zero-order valence-corrected chi connectivity index (χ0v) is 11.0. The number of rotatable bonds is 3. The molecular formula is C14H11ClF3NO. The van der Waals surface area contributed by atoms with Crippen LogP contribution in [0.1, 0.15) is 11.1 Å². The average Bonchev–Trinajstić information content (AvgIpc) is 2.36. The first kappa shape index (κ1) is 14.5. The number of ether oxygens (including phenoxy) is 1. The minimum absolute atomic E-state index is 0.0434. The Bertz CT molecular complexity index is 614. The highest BCUT2D eigenvalue weighted by molar-refractivity contribution is 6.30. The van der Waals surface area contributed by atoms with Crippen LogP contribution in [0, 0.1) is 0 Å². The Morgan fingerprint density at radius 3 is 2.45 bits per heavy atom. The van der Waals surface area contributed by atoms with Gasteiger partial charge in [-0.05, 0) is 30.3 Å². The summed E-state index contributed by atoms with van der Waals surface area (Å²) in [7, 11) is 0. The maximum Gasteiger partial charge on any atom is 0.416 e. The van der Waals surface area contributed by atoms with Gasteiger partial charge in [0.1, 0.15) is 12.4 Å². The molecule has 2 rings (SSSR count). The summed E-state index contributed by atoms with van der Waals surface area (Å²) in [6, 6.07) is 9.91. The first-order valence-electron chi connectivity index (χ1n) is 5.70. The van der Waals surface area contributed by atoms with E-state index in [2.05, 4.69) is 0 Å². The molecule has 0 saturated carbocycles. The molecule has 106 valence electrons. The highest BCUT2D eigenvalue weighted by Crippen LogP contribution is 2.31. The van der Waals surface area contributed by atoms with Gasteiger partial charge in [0.05, 0.1) is 5.56 Å². The Morgan fingerprint density at radius 2 is 1.85 bits per heavy atom. The molecule has 0 aromatic heterocycles. The molecule has 0 saturated heterocycles. The van der Waals surface area contributed by atoms with Gasteiger partial charge in [-0.1, -0.05) is 23.7 Å². The molecule has 0 unspecified atom stereocenters. The lowest BCUT2D eigenvalue weighted by molar-refractivity contribution is -0.137. The minimum Gasteiger partial charge on any atom is -0.489 e. The van der Waals surface area contributed by atoms with Crippen molar-refractivity contribution >= 4 is 17.3 Å². The molecule has 20 heavy (non-hydrogen) atoms. The van der Waals surface area contributed by atoms with Crippen molar-refractivity contribution in [1.82, 2.24) is 0 Å². The van der Waals surface area contributed by atoms with Crippen LogP contribution in [0.25, 0.3) is 0 Å². The summed E-state index contributed by atoms with van der Waals surface area (Å²) >= 11 is 5.80. The van der Waals surface area contributed by atoms with Crippen molar-refractivity contribution in [3.63, 3.8) is 0 Å². The van der Waals surface area contributed by atoms with Crippen molar-refractivity contribution in [3.8, 4) is 5.75 Å². The smallest absolute Gasteiger partial charge is 0.416 e. The van der Waals surface area contributed by atoms with E-state index in [1.54, 1.807) is 24.3 Å². The van der Waals surface area contributed by atoms with Gasteiger partial charge in [0.25, 0.3) is 0 Å². The SMILES string of the molecule is Nc1cc(C(F)(F)F)ccc1COc1cccc(Cl)c1. The van der Waals surface area contributed by atoms with E-state index in [4.69, 9.17) is 22.1 Å². The third kappa shape index (κ3) is 3.57. The summed E-state index contributed by atoms with van der Waals surface area (Å²) in [5.74, 6) is 0.525. The summed E-state index contributed by atoms with van der Waals surface area (Å²) < 4.78 is 42.9. The van der Waals surface area contributed by atoms with Crippen LogP contribution in [0.2, 0.25) is 5.02 Å². The van der Waals surface area contributed by atoms with Crippen LogP contribution >= 0.6 is 11.6 Å². The van der Waals surface area contributed by atoms with Crippen LogP contribution in [0.3, 0.4) is 0 Å². The second-order valence-electron chi connectivity index (χ2n) is 4.16. The lowest BCUT2D eigenvalue weighted by atomic mass is 10.1. The van der Waals surface area contributed by atoms with Crippen LogP contribution in [0.5, 0.6) is 5.75 Å². The van der Waals surface area contributed by atoms with Gasteiger partial charge in [-0.3, -0.25) is 0 Å². The van der Waals surface area contributed by atoms with Gasteiger partial charge in [-0.25, -0.2) is 0 Å². The standard InChI is InChI=1S/C14H11ClF3NO/c15-11-2-1-3-12(7-11)20-8-9-4-5-10(6-13(9)19)14(16,17)18/h1-7H,8,19H2. The number of halogens is 4.